The molecular formula is Nb2O10. The van der Waals surface area contributed by atoms with Gasteiger partial charge in [-0.1, -0.05) is 0 Å². The zero-order chi connectivity index (χ0) is 10.9. The van der Waals surface area contributed by atoms with E-state index in [1.54, 1.807) is 0 Å². The number of hydrogen-bond donors (Lipinski definition) is 0. The van der Waals surface area contributed by atoms with Gasteiger partial charge in [-0.15, -0.1) is 0 Å². The van der Waals surface area contributed by atoms with Gasteiger partial charge in [0.2, 0.25) is 0 Å². The van der Waals surface area contributed by atoms with Crippen LogP contribution < -0.4 is 0 Å². The monoisotopic (exact) mass is 346 g/mol. The molecule has 0 aromatic carbocycles. The van der Waals surface area contributed by atoms with Gasteiger partial charge >= 0.3 is 63.9 Å². The maximum absolute atomic E-state index is 8.66. The molecule has 0 rings (SSSR count). The quantitative estimate of drug-likeness (QED) is 0.485. The molecule has 10 nitrogen and oxygen atoms in total. The van der Waals surface area contributed by atoms with Gasteiger partial charge in [-0.05, 0) is 0 Å². The normalized spacial score (nSPS) is 10.0. The van der Waals surface area contributed by atoms with Crippen molar-refractivity contribution in [2.75, 3.05) is 0 Å². The zero-order valence-electron chi connectivity index (χ0n) is 4.98. The van der Waals surface area contributed by atoms with Crippen LogP contribution in [0.1, 0.15) is 0 Å². The summed E-state index contributed by atoms with van der Waals surface area (Å²) in [6, 6.07) is 0. The fourth-order valence-electron chi connectivity index (χ4n) is 0. The van der Waals surface area contributed by atoms with Crippen LogP contribution >= 0.6 is 0 Å². The van der Waals surface area contributed by atoms with Gasteiger partial charge in [0.1, 0.15) is 0 Å². The van der Waals surface area contributed by atoms with E-state index in [9.17, 15) is 0 Å². The van der Waals surface area contributed by atoms with E-state index in [0.717, 1.165) is 0 Å². The van der Waals surface area contributed by atoms with Gasteiger partial charge in [0.05, 0.1) is 0 Å². The molecular weight excluding hydrogens is 346 g/mol. The Balaban J connectivity index is 0. The summed E-state index contributed by atoms with van der Waals surface area (Å²) < 4.78 is 86.6. The van der Waals surface area contributed by atoms with Crippen molar-refractivity contribution in [2.24, 2.45) is 0 Å². The Morgan fingerprint density at radius 1 is 0.333 bits per heavy atom. The van der Waals surface area contributed by atoms with Gasteiger partial charge in [-0.2, -0.15) is 0 Å². The first-order chi connectivity index (χ1) is 4.47. The van der Waals surface area contributed by atoms with E-state index in [1.165, 1.54) is 0 Å². The topological polar surface area (TPSA) is 171 Å². The van der Waals surface area contributed by atoms with Crippen molar-refractivity contribution in [2.45, 2.75) is 0 Å². The number of rotatable bonds is 0. The second-order valence-corrected chi connectivity index (χ2v) is 8.82. The summed E-state index contributed by atoms with van der Waals surface area (Å²) in [6.45, 7) is 0. The third-order valence-corrected chi connectivity index (χ3v) is 0. The molecule has 0 aliphatic rings. The second-order valence-electron chi connectivity index (χ2n) is 1.49. The average molecular weight is 346 g/mol. The number of hydrogen-bond acceptors (Lipinski definition) is 10. The first-order valence-electron chi connectivity index (χ1n) is 1.83. The third kappa shape index (κ3) is 2530. The molecule has 0 radical (unpaired) electrons. The van der Waals surface area contributed by atoms with Crippen LogP contribution in [-0.4, -0.2) is 0 Å². The Bertz CT molecular complexity index is 637. The summed E-state index contributed by atoms with van der Waals surface area (Å²) in [5, 5.41) is 0. The molecule has 0 aromatic rings. The van der Waals surface area contributed by atoms with E-state index in [4.69, 9.17) is 32.5 Å². The molecule has 12 heavy (non-hydrogen) atoms. The van der Waals surface area contributed by atoms with Crippen molar-refractivity contribution in [3.05, 3.63) is 0 Å². The van der Waals surface area contributed by atoms with Crippen LogP contribution in [0, 0.1) is 0 Å². The molecule has 0 aliphatic carbocycles. The molecule has 0 aromatic heterocycles. The molecule has 0 aliphatic heterocycles. The SMILES string of the molecule is [O]=[Nb](=[O])(=[O])(=[O])=[O].[O]=[Nb](=[O])(=[O])(=[O])=[O]. The molecule has 0 spiro atoms. The molecule has 0 N–H and O–H groups in total. The summed E-state index contributed by atoms with van der Waals surface area (Å²) >= 11 is -15.9. The summed E-state index contributed by atoms with van der Waals surface area (Å²) in [7, 11) is 0. The standard InChI is InChI=1S/2Nb.10O. The van der Waals surface area contributed by atoms with E-state index in [-0.39, 0.29) is 0 Å². The van der Waals surface area contributed by atoms with Crippen molar-refractivity contribution in [3.8, 4) is 0 Å². The Labute approximate surface area is 63.8 Å². The van der Waals surface area contributed by atoms with Crippen molar-refractivity contribution < 1.29 is 63.9 Å². The Hall–Kier alpha value is -0.519. The molecule has 70 valence electrons. The molecule has 0 saturated heterocycles. The van der Waals surface area contributed by atoms with Gasteiger partial charge in [0, 0.05) is 0 Å². The molecule has 12 heteroatoms. The van der Waals surface area contributed by atoms with Crippen LogP contribution in [0.15, 0.2) is 0 Å². The summed E-state index contributed by atoms with van der Waals surface area (Å²) in [5.74, 6) is 0. The van der Waals surface area contributed by atoms with Crippen molar-refractivity contribution in [1.29, 1.82) is 0 Å². The minimum atomic E-state index is -7.94. The zero-order valence-corrected chi connectivity index (χ0v) is 9.37. The predicted octanol–water partition coefficient (Wildman–Crippen LogP) is -1.19. The van der Waals surface area contributed by atoms with Gasteiger partial charge in [0.25, 0.3) is 0 Å². The van der Waals surface area contributed by atoms with Crippen molar-refractivity contribution in [1.82, 2.24) is 0 Å². The molecule has 0 saturated carbocycles. The Morgan fingerprint density at radius 2 is 0.333 bits per heavy atom. The van der Waals surface area contributed by atoms with Crippen LogP contribution in [0.3, 0.4) is 0 Å². The first kappa shape index (κ1) is 14.0. The van der Waals surface area contributed by atoms with E-state index < -0.39 is 31.4 Å². The molecule has 0 fully saturated rings. The van der Waals surface area contributed by atoms with Crippen LogP contribution in [-0.2, 0) is 63.9 Å². The van der Waals surface area contributed by atoms with Crippen LogP contribution in [0.4, 0.5) is 0 Å². The van der Waals surface area contributed by atoms with Gasteiger partial charge in [-0.3, -0.25) is 0 Å². The van der Waals surface area contributed by atoms with E-state index in [2.05, 4.69) is 0 Å². The summed E-state index contributed by atoms with van der Waals surface area (Å²) in [4.78, 5) is 0. The molecule has 0 unspecified atom stereocenters. The fraction of sp³-hybridized carbons (Fsp3) is 0. The summed E-state index contributed by atoms with van der Waals surface area (Å²) in [6.07, 6.45) is 0. The van der Waals surface area contributed by atoms with Crippen LogP contribution in [0.2, 0.25) is 0 Å². The van der Waals surface area contributed by atoms with E-state index in [1.807, 2.05) is 0 Å². The maximum atomic E-state index is 8.66. The third-order valence-electron chi connectivity index (χ3n) is 0. The van der Waals surface area contributed by atoms with E-state index >= 15 is 0 Å². The molecule has 0 amide bonds. The van der Waals surface area contributed by atoms with Crippen LogP contribution in [0.25, 0.3) is 0 Å². The van der Waals surface area contributed by atoms with Crippen molar-refractivity contribution in [3.63, 3.8) is 0 Å². The molecule has 0 bridgehead atoms. The summed E-state index contributed by atoms with van der Waals surface area (Å²) in [5.41, 5.74) is 0. The first-order valence-corrected chi connectivity index (χ1v) is 10.8. The van der Waals surface area contributed by atoms with E-state index in [0.29, 0.717) is 0 Å². The van der Waals surface area contributed by atoms with Crippen LogP contribution in [0.5, 0.6) is 0 Å². The molecule has 0 atom stereocenters. The van der Waals surface area contributed by atoms with Crippen molar-refractivity contribution >= 4 is 0 Å². The van der Waals surface area contributed by atoms with Gasteiger partial charge < -0.3 is 0 Å². The van der Waals surface area contributed by atoms with Gasteiger partial charge in [0.15, 0.2) is 0 Å². The minimum absolute atomic E-state index is 7.94. The fourth-order valence-corrected chi connectivity index (χ4v) is 0. The average Bonchev–Trinajstić information content (AvgIpc) is 1.02. The second kappa shape index (κ2) is 2.48. The predicted molar refractivity (Wildman–Crippen MR) is 6.86 cm³/mol. The van der Waals surface area contributed by atoms with Gasteiger partial charge in [-0.25, -0.2) is 0 Å². The Kier molecular flexibility index (Phi) is 2.90. The Morgan fingerprint density at radius 3 is 0.333 bits per heavy atom. The molecule has 0 heterocycles.